The molecule has 7 heteroatoms. The fourth-order valence-corrected chi connectivity index (χ4v) is 2.78. The van der Waals surface area contributed by atoms with Gasteiger partial charge >= 0.3 is 0 Å². The summed E-state index contributed by atoms with van der Waals surface area (Å²) in [5.41, 5.74) is 2.79. The zero-order chi connectivity index (χ0) is 16.4. The molecule has 0 saturated carbocycles. The first kappa shape index (κ1) is 15.2. The van der Waals surface area contributed by atoms with E-state index >= 15 is 0 Å². The number of aryl methyl sites for hydroxylation is 1. The molecule has 3 heterocycles. The van der Waals surface area contributed by atoms with Gasteiger partial charge in [-0.05, 0) is 31.9 Å². The van der Waals surface area contributed by atoms with Crippen LogP contribution in [0.3, 0.4) is 0 Å². The lowest BCUT2D eigenvalue weighted by molar-refractivity contribution is 0.597. The zero-order valence-electron chi connectivity index (χ0n) is 13.8. The Bertz CT molecular complexity index is 774. The average molecular weight is 311 g/mol. The number of hydrogen-bond donors (Lipinski definition) is 2. The predicted octanol–water partition coefficient (Wildman–Crippen LogP) is 2.14. The number of aromatic nitrogens is 4. The normalized spacial score (nSPS) is 20.7. The second kappa shape index (κ2) is 5.83. The molecule has 0 radical (unpaired) electrons. The molecule has 0 amide bonds. The van der Waals surface area contributed by atoms with E-state index in [1.165, 1.54) is 5.57 Å². The number of rotatable bonds is 4. The van der Waals surface area contributed by atoms with Crippen LogP contribution >= 0.6 is 0 Å². The first-order chi connectivity index (χ1) is 11.0. The third kappa shape index (κ3) is 3.08. The van der Waals surface area contributed by atoms with Crippen LogP contribution in [0.25, 0.3) is 0 Å². The highest BCUT2D eigenvalue weighted by Gasteiger charge is 2.30. The fraction of sp³-hybridized carbons (Fsp3) is 0.375. The predicted molar refractivity (Wildman–Crippen MR) is 90.7 cm³/mol. The van der Waals surface area contributed by atoms with E-state index in [1.807, 2.05) is 32.6 Å². The summed E-state index contributed by atoms with van der Waals surface area (Å²) < 4.78 is 1.73. The van der Waals surface area contributed by atoms with E-state index in [1.54, 1.807) is 17.1 Å². The quantitative estimate of drug-likeness (QED) is 0.904. The van der Waals surface area contributed by atoms with Gasteiger partial charge in [0.25, 0.3) is 0 Å². The zero-order valence-corrected chi connectivity index (χ0v) is 13.8. The van der Waals surface area contributed by atoms with E-state index in [0.717, 1.165) is 23.6 Å². The van der Waals surface area contributed by atoms with Crippen LogP contribution in [0.15, 0.2) is 41.0 Å². The topological polar surface area (TPSA) is 80.0 Å². The summed E-state index contributed by atoms with van der Waals surface area (Å²) in [7, 11) is 3.76. The minimum absolute atomic E-state index is 0.237. The summed E-state index contributed by atoms with van der Waals surface area (Å²) in [6.07, 6.45) is 8.22. The van der Waals surface area contributed by atoms with Gasteiger partial charge in [0, 0.05) is 38.1 Å². The molecule has 0 saturated heterocycles. The lowest BCUT2D eigenvalue weighted by atomic mass is 9.80. The Balaban J connectivity index is 1.85. The van der Waals surface area contributed by atoms with Crippen molar-refractivity contribution in [2.45, 2.75) is 25.7 Å². The van der Waals surface area contributed by atoms with Gasteiger partial charge in [0.05, 0.1) is 17.6 Å². The summed E-state index contributed by atoms with van der Waals surface area (Å²) in [4.78, 5) is 13.5. The van der Waals surface area contributed by atoms with Gasteiger partial charge in [0.1, 0.15) is 5.82 Å². The lowest BCUT2D eigenvalue weighted by Gasteiger charge is -2.29. The number of nitrogens with zero attached hydrogens (tertiary/aromatic N) is 5. The molecule has 3 rings (SSSR count). The van der Waals surface area contributed by atoms with Crippen LogP contribution in [0.4, 0.5) is 11.6 Å². The summed E-state index contributed by atoms with van der Waals surface area (Å²) in [5.74, 6) is 1.50. The van der Waals surface area contributed by atoms with Crippen LogP contribution in [-0.2, 0) is 12.5 Å². The number of nitrogens with one attached hydrogen (secondary N) is 2. The van der Waals surface area contributed by atoms with Gasteiger partial charge in [-0.25, -0.2) is 15.0 Å². The summed E-state index contributed by atoms with van der Waals surface area (Å²) in [5, 5.41) is 10.4. The molecule has 1 unspecified atom stereocenters. The molecule has 1 aliphatic rings. The lowest BCUT2D eigenvalue weighted by Crippen LogP contribution is -2.30. The van der Waals surface area contributed by atoms with Gasteiger partial charge in [-0.3, -0.25) is 4.68 Å². The Hall–Kier alpha value is -2.70. The molecule has 1 aliphatic heterocycles. The van der Waals surface area contributed by atoms with Crippen molar-refractivity contribution < 1.29 is 0 Å². The summed E-state index contributed by atoms with van der Waals surface area (Å²) in [6.45, 7) is 4.24. The largest absolute Gasteiger partial charge is 0.373 e. The monoisotopic (exact) mass is 311 g/mol. The summed E-state index contributed by atoms with van der Waals surface area (Å²) in [6, 6.07) is 1.94. The van der Waals surface area contributed by atoms with Crippen LogP contribution in [-0.4, -0.2) is 33.0 Å². The number of hydrogen-bond acceptors (Lipinski definition) is 6. The summed E-state index contributed by atoms with van der Waals surface area (Å²) >= 11 is 0. The third-order valence-electron chi connectivity index (χ3n) is 3.95. The Labute approximate surface area is 135 Å². The van der Waals surface area contributed by atoms with Crippen LogP contribution in [0.1, 0.15) is 26.0 Å². The Kier molecular flexibility index (Phi) is 3.85. The molecule has 1 atom stereocenters. The van der Waals surface area contributed by atoms with E-state index in [2.05, 4.69) is 44.5 Å². The maximum absolute atomic E-state index is 4.66. The Morgan fingerprint density at radius 2 is 2.17 bits per heavy atom. The molecule has 0 fully saturated rings. The molecule has 0 aromatic carbocycles. The standard InChI is InChI=1S/C16H21N7/c1-11-7-16(2,10-19-14(11)17-3)13-5-6-18-15(22-13)21-12-8-20-23(4)9-12/h5-6,8-10,17H,7H2,1-4H3,(H,18,21,22). The van der Waals surface area contributed by atoms with E-state index < -0.39 is 0 Å². The van der Waals surface area contributed by atoms with Crippen LogP contribution in [0.5, 0.6) is 0 Å². The van der Waals surface area contributed by atoms with E-state index in [-0.39, 0.29) is 5.41 Å². The van der Waals surface area contributed by atoms with Crippen molar-refractivity contribution in [3.63, 3.8) is 0 Å². The highest BCUT2D eigenvalue weighted by atomic mass is 15.3. The molecule has 0 aliphatic carbocycles. The van der Waals surface area contributed by atoms with E-state index in [0.29, 0.717) is 5.95 Å². The molecule has 120 valence electrons. The number of aliphatic imine (C=N–C) groups is 1. The molecule has 2 aromatic rings. The Morgan fingerprint density at radius 3 is 2.83 bits per heavy atom. The van der Waals surface area contributed by atoms with E-state index in [4.69, 9.17) is 0 Å². The molecule has 2 aromatic heterocycles. The van der Waals surface area contributed by atoms with Gasteiger partial charge in [-0.1, -0.05) is 0 Å². The first-order valence-corrected chi connectivity index (χ1v) is 7.52. The van der Waals surface area contributed by atoms with Crippen molar-refractivity contribution >= 4 is 17.9 Å². The minimum atomic E-state index is -0.237. The average Bonchev–Trinajstić information content (AvgIpc) is 2.93. The molecule has 7 nitrogen and oxygen atoms in total. The minimum Gasteiger partial charge on any atom is -0.373 e. The Morgan fingerprint density at radius 1 is 1.35 bits per heavy atom. The SMILES string of the molecule is CNC1=C(C)CC(C)(c2ccnc(Nc3cnn(C)c3)n2)C=N1. The van der Waals surface area contributed by atoms with Gasteiger partial charge in [-0.2, -0.15) is 5.10 Å². The van der Waals surface area contributed by atoms with E-state index in [9.17, 15) is 0 Å². The molecular weight excluding hydrogens is 290 g/mol. The molecule has 0 bridgehead atoms. The second-order valence-electron chi connectivity index (χ2n) is 6.02. The molecule has 23 heavy (non-hydrogen) atoms. The van der Waals surface area contributed by atoms with Crippen molar-refractivity contribution in [3.05, 3.63) is 41.7 Å². The molecule has 2 N–H and O–H groups in total. The van der Waals surface area contributed by atoms with Crippen molar-refractivity contribution in [1.29, 1.82) is 0 Å². The second-order valence-corrected chi connectivity index (χ2v) is 6.02. The van der Waals surface area contributed by atoms with Crippen molar-refractivity contribution in [1.82, 2.24) is 25.1 Å². The van der Waals surface area contributed by atoms with Crippen molar-refractivity contribution in [3.8, 4) is 0 Å². The van der Waals surface area contributed by atoms with Crippen molar-refractivity contribution in [2.24, 2.45) is 12.0 Å². The maximum atomic E-state index is 4.66. The van der Waals surface area contributed by atoms with Gasteiger partial charge in [0.2, 0.25) is 5.95 Å². The van der Waals surface area contributed by atoms with Crippen LogP contribution < -0.4 is 10.6 Å². The maximum Gasteiger partial charge on any atom is 0.227 e. The van der Waals surface area contributed by atoms with Crippen LogP contribution in [0, 0.1) is 0 Å². The molecular formula is C16H21N7. The van der Waals surface area contributed by atoms with Crippen molar-refractivity contribution in [2.75, 3.05) is 12.4 Å². The third-order valence-corrected chi connectivity index (χ3v) is 3.95. The smallest absolute Gasteiger partial charge is 0.227 e. The highest BCUT2D eigenvalue weighted by molar-refractivity contribution is 5.75. The van der Waals surface area contributed by atoms with Gasteiger partial charge in [-0.15, -0.1) is 0 Å². The van der Waals surface area contributed by atoms with Gasteiger partial charge < -0.3 is 10.6 Å². The highest BCUT2D eigenvalue weighted by Crippen LogP contribution is 2.32. The molecule has 0 spiro atoms. The first-order valence-electron chi connectivity index (χ1n) is 7.52. The number of allylic oxidation sites excluding steroid dienone is 1. The van der Waals surface area contributed by atoms with Crippen LogP contribution in [0.2, 0.25) is 0 Å². The fourth-order valence-electron chi connectivity index (χ4n) is 2.78. The van der Waals surface area contributed by atoms with Gasteiger partial charge in [0.15, 0.2) is 0 Å². The number of anilines is 2.